The van der Waals surface area contributed by atoms with E-state index >= 15 is 0 Å². The van der Waals surface area contributed by atoms with Gasteiger partial charge in [0.05, 0.1) is 24.6 Å². The third kappa shape index (κ3) is 7.30. The Kier molecular flexibility index (Phi) is 9.47. The molecule has 1 aromatic carbocycles. The normalized spacial score (nSPS) is 15.6. The summed E-state index contributed by atoms with van der Waals surface area (Å²) < 4.78 is 8.29. The molecule has 0 spiro atoms. The number of nitrogens with zero attached hydrogens (tertiary/aromatic N) is 7. The molecular weight excluding hydrogens is 601 g/mol. The molecule has 220 valence electrons. The van der Waals surface area contributed by atoms with Gasteiger partial charge < -0.3 is 19.3 Å². The lowest BCUT2D eigenvalue weighted by molar-refractivity contribution is -0.138. The van der Waals surface area contributed by atoms with Crippen LogP contribution in [0.2, 0.25) is 10.0 Å². The quantitative estimate of drug-likeness (QED) is 0.252. The number of carbonyl (C=O) groups is 1. The molecule has 42 heavy (non-hydrogen) atoms. The maximum Gasteiger partial charge on any atom is 0.303 e. The Bertz CT molecular complexity index is 1520. The van der Waals surface area contributed by atoms with Gasteiger partial charge in [-0.05, 0) is 61.7 Å². The highest BCUT2D eigenvalue weighted by atomic mass is 35.5. The summed E-state index contributed by atoms with van der Waals surface area (Å²) in [4.78, 5) is 33.8. The minimum absolute atomic E-state index is 0. The molecule has 0 saturated carbocycles. The van der Waals surface area contributed by atoms with Gasteiger partial charge in [0.15, 0.2) is 5.75 Å². The number of rotatable bonds is 8. The number of carboxylic acids is 1. The lowest BCUT2D eigenvalue weighted by atomic mass is 9.93. The number of fused-ring (bicyclic) bond motifs is 1. The summed E-state index contributed by atoms with van der Waals surface area (Å²) in [5, 5.41) is 10.2. The van der Waals surface area contributed by atoms with E-state index in [1.807, 2.05) is 36.7 Å². The van der Waals surface area contributed by atoms with Crippen molar-refractivity contribution in [3.8, 4) is 22.9 Å². The number of pyridine rings is 1. The summed E-state index contributed by atoms with van der Waals surface area (Å²) in [7, 11) is 0. The van der Waals surface area contributed by atoms with Crippen molar-refractivity contribution >= 4 is 47.5 Å². The first-order valence-electron chi connectivity index (χ1n) is 13.5. The van der Waals surface area contributed by atoms with E-state index in [4.69, 9.17) is 38.0 Å². The molecule has 0 amide bonds. The zero-order valence-electron chi connectivity index (χ0n) is 22.7. The van der Waals surface area contributed by atoms with E-state index in [1.54, 1.807) is 18.5 Å². The van der Waals surface area contributed by atoms with E-state index in [-0.39, 0.29) is 24.7 Å². The highest BCUT2D eigenvalue weighted by Crippen LogP contribution is 2.31. The zero-order chi connectivity index (χ0) is 28.3. The molecule has 0 aliphatic carbocycles. The van der Waals surface area contributed by atoms with Gasteiger partial charge in [-0.2, -0.15) is 0 Å². The van der Waals surface area contributed by atoms with Crippen LogP contribution in [0.15, 0.2) is 55.1 Å². The molecule has 10 nitrogen and oxygen atoms in total. The van der Waals surface area contributed by atoms with Crippen molar-refractivity contribution in [2.24, 2.45) is 5.92 Å². The molecule has 0 unspecified atom stereocenters. The predicted molar refractivity (Wildman–Crippen MR) is 163 cm³/mol. The molecule has 13 heteroatoms. The number of aliphatic carboxylic acids is 1. The van der Waals surface area contributed by atoms with Gasteiger partial charge >= 0.3 is 5.97 Å². The molecule has 2 aliphatic heterocycles. The molecule has 1 N–H and O–H groups in total. The summed E-state index contributed by atoms with van der Waals surface area (Å²) in [5.41, 5.74) is 2.48. The number of hydrogen-bond acceptors (Lipinski definition) is 8. The van der Waals surface area contributed by atoms with Crippen molar-refractivity contribution in [2.75, 3.05) is 24.5 Å². The lowest BCUT2D eigenvalue weighted by Crippen LogP contribution is -2.34. The molecular formula is C29H30Cl3N7O3. The third-order valence-electron chi connectivity index (χ3n) is 7.46. The van der Waals surface area contributed by atoms with Crippen LogP contribution in [0.3, 0.4) is 0 Å². The fourth-order valence-corrected chi connectivity index (χ4v) is 5.92. The molecule has 6 rings (SSSR count). The molecule has 4 aromatic rings. The SMILES string of the molecule is Cl.O=C(O)CC1CCN(Cc2cc(Oc3cnc(N4CCn5ccnc5C4)nc3)nc(-c3cc(Cl)cc(Cl)c3)c2)CC1. The van der Waals surface area contributed by atoms with E-state index in [9.17, 15) is 4.79 Å². The van der Waals surface area contributed by atoms with Crippen LogP contribution in [0.25, 0.3) is 11.3 Å². The Labute approximate surface area is 259 Å². The third-order valence-corrected chi connectivity index (χ3v) is 7.90. The Morgan fingerprint density at radius 2 is 1.71 bits per heavy atom. The largest absolute Gasteiger partial charge is 0.481 e. The van der Waals surface area contributed by atoms with Crippen molar-refractivity contribution in [1.29, 1.82) is 0 Å². The molecule has 5 heterocycles. The van der Waals surface area contributed by atoms with E-state index in [0.717, 1.165) is 56.0 Å². The van der Waals surface area contributed by atoms with Crippen molar-refractivity contribution in [2.45, 2.75) is 38.9 Å². The number of piperidine rings is 1. The number of halogens is 3. The number of aromatic nitrogens is 5. The van der Waals surface area contributed by atoms with Gasteiger partial charge in [0.1, 0.15) is 5.82 Å². The Hall–Kier alpha value is -3.44. The molecule has 2 aliphatic rings. The number of ether oxygens (including phenoxy) is 1. The number of benzene rings is 1. The maximum absolute atomic E-state index is 11.1. The predicted octanol–water partition coefficient (Wildman–Crippen LogP) is 5.96. The number of likely N-dealkylation sites (tertiary alicyclic amines) is 1. The van der Waals surface area contributed by atoms with Gasteiger partial charge in [-0.25, -0.2) is 19.9 Å². The van der Waals surface area contributed by atoms with Gasteiger partial charge in [0, 0.05) is 60.1 Å². The first-order valence-corrected chi connectivity index (χ1v) is 14.3. The standard InChI is InChI=1S/C29H29Cl2N7O3.ClH/c30-22-12-21(13-23(31)14-22)25-9-20(17-36-4-1-19(2-5-36)11-28(39)40)10-27(35-25)41-24-15-33-29(34-16-24)38-8-7-37-6-3-32-26(37)18-38;/h3,6,9-10,12-16,19H,1-2,4-5,7-8,11,17-18H2,(H,39,40);1H. The van der Waals surface area contributed by atoms with Crippen molar-refractivity contribution in [3.63, 3.8) is 0 Å². The van der Waals surface area contributed by atoms with Gasteiger partial charge in [0.25, 0.3) is 0 Å². The van der Waals surface area contributed by atoms with E-state index in [1.165, 1.54) is 0 Å². The van der Waals surface area contributed by atoms with Gasteiger partial charge in [-0.3, -0.25) is 9.69 Å². The van der Waals surface area contributed by atoms with Crippen LogP contribution < -0.4 is 9.64 Å². The summed E-state index contributed by atoms with van der Waals surface area (Å²) in [6, 6.07) is 9.25. The fourth-order valence-electron chi connectivity index (χ4n) is 5.40. The average molecular weight is 631 g/mol. The van der Waals surface area contributed by atoms with Gasteiger partial charge in [-0.15, -0.1) is 12.4 Å². The van der Waals surface area contributed by atoms with E-state index in [2.05, 4.69) is 29.3 Å². The van der Waals surface area contributed by atoms with Crippen molar-refractivity contribution < 1.29 is 14.6 Å². The first kappa shape index (κ1) is 30.0. The molecule has 1 saturated heterocycles. The lowest BCUT2D eigenvalue weighted by Gasteiger charge is -2.31. The molecule has 3 aromatic heterocycles. The number of anilines is 1. The number of imidazole rings is 1. The first-order chi connectivity index (χ1) is 19.9. The molecule has 0 atom stereocenters. The fraction of sp³-hybridized carbons (Fsp3) is 0.345. The monoisotopic (exact) mass is 629 g/mol. The number of hydrogen-bond donors (Lipinski definition) is 1. The van der Waals surface area contributed by atoms with Crippen LogP contribution in [-0.2, 0) is 24.4 Å². The topological polar surface area (TPSA) is 109 Å². The second-order valence-corrected chi connectivity index (χ2v) is 11.3. The van der Waals surface area contributed by atoms with Crippen LogP contribution >= 0.6 is 35.6 Å². The van der Waals surface area contributed by atoms with Gasteiger partial charge in [0.2, 0.25) is 11.8 Å². The van der Waals surface area contributed by atoms with E-state index < -0.39 is 5.97 Å². The zero-order valence-corrected chi connectivity index (χ0v) is 25.0. The van der Waals surface area contributed by atoms with Crippen LogP contribution in [0, 0.1) is 5.92 Å². The van der Waals surface area contributed by atoms with Crippen LogP contribution in [0.4, 0.5) is 5.95 Å². The second kappa shape index (κ2) is 13.2. The average Bonchev–Trinajstić information content (AvgIpc) is 3.42. The minimum atomic E-state index is -0.732. The molecule has 1 fully saturated rings. The highest BCUT2D eigenvalue weighted by molar-refractivity contribution is 6.35. The Morgan fingerprint density at radius 1 is 0.976 bits per heavy atom. The van der Waals surface area contributed by atoms with Crippen LogP contribution in [0.1, 0.15) is 30.7 Å². The second-order valence-electron chi connectivity index (χ2n) is 10.5. The van der Waals surface area contributed by atoms with Crippen molar-refractivity contribution in [1.82, 2.24) is 29.4 Å². The van der Waals surface area contributed by atoms with E-state index in [0.29, 0.717) is 46.4 Å². The van der Waals surface area contributed by atoms with Crippen LogP contribution in [0.5, 0.6) is 11.6 Å². The summed E-state index contributed by atoms with van der Waals surface area (Å²) in [6.45, 7) is 4.63. The summed E-state index contributed by atoms with van der Waals surface area (Å²) in [6.07, 6.45) is 9.05. The smallest absolute Gasteiger partial charge is 0.303 e. The Morgan fingerprint density at radius 3 is 2.43 bits per heavy atom. The van der Waals surface area contributed by atoms with Crippen LogP contribution in [-0.4, -0.2) is 60.1 Å². The molecule has 0 bridgehead atoms. The van der Waals surface area contributed by atoms with Gasteiger partial charge in [-0.1, -0.05) is 23.2 Å². The Balaban J connectivity index is 0.00000353. The number of carboxylic acid groups (broad SMARTS) is 1. The molecule has 0 radical (unpaired) electrons. The van der Waals surface area contributed by atoms with Crippen molar-refractivity contribution in [3.05, 3.63) is 76.6 Å². The maximum atomic E-state index is 11.1. The summed E-state index contributed by atoms with van der Waals surface area (Å²) in [5.74, 6) is 1.98. The highest BCUT2D eigenvalue weighted by Gasteiger charge is 2.22. The summed E-state index contributed by atoms with van der Waals surface area (Å²) >= 11 is 12.6. The minimum Gasteiger partial charge on any atom is -0.481 e.